The van der Waals surface area contributed by atoms with Crippen LogP contribution in [0.1, 0.15) is 48.5 Å². The summed E-state index contributed by atoms with van der Waals surface area (Å²) in [7, 11) is 0. The van der Waals surface area contributed by atoms with E-state index in [0.717, 1.165) is 10.4 Å². The highest BCUT2D eigenvalue weighted by molar-refractivity contribution is 7.16. The van der Waals surface area contributed by atoms with Gasteiger partial charge in [0.2, 0.25) is 0 Å². The maximum absolute atomic E-state index is 12.2. The first-order chi connectivity index (χ1) is 10.3. The molecule has 0 spiro atoms. The lowest BCUT2D eigenvalue weighted by atomic mass is 10.1. The van der Waals surface area contributed by atoms with Crippen LogP contribution in [0.15, 0.2) is 0 Å². The molecule has 1 aromatic heterocycles. The number of amides is 1. The van der Waals surface area contributed by atoms with Crippen molar-refractivity contribution in [3.8, 4) is 0 Å². The summed E-state index contributed by atoms with van der Waals surface area (Å²) in [4.78, 5) is 25.1. The number of fused-ring (bicyclic) bond motifs is 1. The van der Waals surface area contributed by atoms with E-state index in [4.69, 9.17) is 14.2 Å². The summed E-state index contributed by atoms with van der Waals surface area (Å²) < 4.78 is 15.8. The van der Waals surface area contributed by atoms with E-state index in [1.54, 1.807) is 27.7 Å². The smallest absolute Gasteiger partial charge is 0.412 e. The Bertz CT molecular complexity index is 573. The number of carbonyl (C=O) groups is 2. The topological polar surface area (TPSA) is 73.9 Å². The molecule has 0 saturated carbocycles. The minimum Gasteiger partial charge on any atom is -0.462 e. The van der Waals surface area contributed by atoms with Gasteiger partial charge in [0.15, 0.2) is 0 Å². The molecule has 0 radical (unpaired) electrons. The number of hydrogen-bond acceptors (Lipinski definition) is 6. The zero-order valence-corrected chi connectivity index (χ0v) is 14.1. The Kier molecular flexibility index (Phi) is 5.08. The highest BCUT2D eigenvalue weighted by atomic mass is 32.1. The molecule has 0 aliphatic carbocycles. The Hall–Kier alpha value is -1.60. The fourth-order valence-electron chi connectivity index (χ4n) is 2.14. The fourth-order valence-corrected chi connectivity index (χ4v) is 3.29. The molecule has 1 aromatic rings. The van der Waals surface area contributed by atoms with Crippen LogP contribution in [0, 0.1) is 0 Å². The third-order valence-electron chi connectivity index (χ3n) is 2.91. The van der Waals surface area contributed by atoms with Gasteiger partial charge in [0.05, 0.1) is 25.4 Å². The van der Waals surface area contributed by atoms with Gasteiger partial charge in [0.1, 0.15) is 10.6 Å². The molecule has 122 valence electrons. The minimum atomic E-state index is -0.603. The number of carbonyl (C=O) groups excluding carboxylic acids is 2. The van der Waals surface area contributed by atoms with Gasteiger partial charge >= 0.3 is 12.1 Å². The van der Waals surface area contributed by atoms with E-state index in [0.29, 0.717) is 30.2 Å². The first kappa shape index (κ1) is 16.8. The Morgan fingerprint density at radius 3 is 2.73 bits per heavy atom. The number of rotatable bonds is 3. The second kappa shape index (κ2) is 6.66. The average molecular weight is 327 g/mol. The Morgan fingerprint density at radius 1 is 1.36 bits per heavy atom. The number of esters is 1. The zero-order chi connectivity index (χ0) is 16.3. The second-order valence-corrected chi connectivity index (χ2v) is 6.96. The van der Waals surface area contributed by atoms with Crippen LogP contribution in [-0.2, 0) is 27.2 Å². The van der Waals surface area contributed by atoms with E-state index in [1.807, 2.05) is 0 Å². The first-order valence-corrected chi connectivity index (χ1v) is 8.03. The summed E-state index contributed by atoms with van der Waals surface area (Å²) in [5.41, 5.74) is 0.727. The molecule has 2 rings (SSSR count). The number of anilines is 1. The third kappa shape index (κ3) is 3.98. The van der Waals surface area contributed by atoms with E-state index in [1.165, 1.54) is 11.3 Å². The fraction of sp³-hybridized carbons (Fsp3) is 0.600. The molecule has 7 heteroatoms. The molecule has 0 atom stereocenters. The largest absolute Gasteiger partial charge is 0.462 e. The van der Waals surface area contributed by atoms with Crippen LogP contribution in [0.4, 0.5) is 9.80 Å². The van der Waals surface area contributed by atoms with E-state index >= 15 is 0 Å². The Morgan fingerprint density at radius 2 is 2.09 bits per heavy atom. The predicted molar refractivity (Wildman–Crippen MR) is 83.5 cm³/mol. The van der Waals surface area contributed by atoms with Crippen molar-refractivity contribution in [2.45, 2.75) is 46.3 Å². The standard InChI is InChI=1S/C15H21NO5S/c1-5-20-13(17)11-9-6-7-19-8-10(9)22-12(11)16-14(18)21-15(2,3)4/h5-8H2,1-4H3,(H,16,18). The van der Waals surface area contributed by atoms with Gasteiger partial charge in [-0.3, -0.25) is 5.32 Å². The lowest BCUT2D eigenvalue weighted by Crippen LogP contribution is -2.27. The van der Waals surface area contributed by atoms with Gasteiger partial charge in [-0.25, -0.2) is 9.59 Å². The van der Waals surface area contributed by atoms with Crippen LogP contribution >= 0.6 is 11.3 Å². The van der Waals surface area contributed by atoms with E-state index < -0.39 is 17.7 Å². The number of thiophene rings is 1. The normalized spacial score (nSPS) is 14.2. The second-order valence-electron chi connectivity index (χ2n) is 5.86. The van der Waals surface area contributed by atoms with Crippen LogP contribution in [-0.4, -0.2) is 30.9 Å². The molecular weight excluding hydrogens is 306 g/mol. The van der Waals surface area contributed by atoms with Crippen LogP contribution in [0.5, 0.6) is 0 Å². The van der Waals surface area contributed by atoms with Crippen LogP contribution in [0.2, 0.25) is 0 Å². The first-order valence-electron chi connectivity index (χ1n) is 7.21. The quantitative estimate of drug-likeness (QED) is 0.862. The molecule has 1 amide bonds. The van der Waals surface area contributed by atoms with Crippen molar-refractivity contribution >= 4 is 28.4 Å². The van der Waals surface area contributed by atoms with E-state index in [2.05, 4.69) is 5.32 Å². The van der Waals surface area contributed by atoms with Crippen molar-refractivity contribution in [1.29, 1.82) is 0 Å². The summed E-state index contributed by atoms with van der Waals surface area (Å²) in [6.45, 7) is 8.39. The Balaban J connectivity index is 2.28. The third-order valence-corrected chi connectivity index (χ3v) is 4.04. The summed E-state index contributed by atoms with van der Waals surface area (Å²) in [5.74, 6) is -0.423. The van der Waals surface area contributed by atoms with Crippen LogP contribution in [0.3, 0.4) is 0 Å². The van der Waals surface area contributed by atoms with Crippen molar-refractivity contribution in [2.24, 2.45) is 0 Å². The average Bonchev–Trinajstić information content (AvgIpc) is 2.74. The van der Waals surface area contributed by atoms with Gasteiger partial charge in [-0.15, -0.1) is 11.3 Å². The molecule has 0 bridgehead atoms. The Labute approximate surface area is 133 Å². The number of ether oxygens (including phenoxy) is 3. The van der Waals surface area contributed by atoms with Crippen molar-refractivity contribution in [3.05, 3.63) is 16.0 Å². The van der Waals surface area contributed by atoms with Gasteiger partial charge in [-0.2, -0.15) is 0 Å². The van der Waals surface area contributed by atoms with E-state index in [9.17, 15) is 9.59 Å². The molecule has 0 unspecified atom stereocenters. The van der Waals surface area contributed by atoms with Crippen molar-refractivity contribution < 1.29 is 23.8 Å². The predicted octanol–water partition coefficient (Wildman–Crippen LogP) is 3.34. The maximum atomic E-state index is 12.2. The van der Waals surface area contributed by atoms with Gasteiger partial charge in [-0.05, 0) is 39.7 Å². The SMILES string of the molecule is CCOC(=O)c1c(NC(=O)OC(C)(C)C)sc2c1CCOC2. The number of nitrogens with one attached hydrogen (secondary N) is 1. The summed E-state index contributed by atoms with van der Waals surface area (Å²) >= 11 is 1.33. The zero-order valence-electron chi connectivity index (χ0n) is 13.3. The van der Waals surface area contributed by atoms with E-state index in [-0.39, 0.29) is 6.61 Å². The van der Waals surface area contributed by atoms with Gasteiger partial charge in [-0.1, -0.05) is 0 Å². The molecule has 22 heavy (non-hydrogen) atoms. The molecule has 0 aromatic carbocycles. The van der Waals surface area contributed by atoms with Crippen molar-refractivity contribution in [1.82, 2.24) is 0 Å². The lowest BCUT2D eigenvalue weighted by Gasteiger charge is -2.19. The highest BCUT2D eigenvalue weighted by Crippen LogP contribution is 2.37. The van der Waals surface area contributed by atoms with Gasteiger partial charge < -0.3 is 14.2 Å². The maximum Gasteiger partial charge on any atom is 0.412 e. The molecule has 0 saturated heterocycles. The monoisotopic (exact) mass is 327 g/mol. The van der Waals surface area contributed by atoms with Gasteiger partial charge in [0.25, 0.3) is 0 Å². The highest BCUT2D eigenvalue weighted by Gasteiger charge is 2.28. The summed E-state index contributed by atoms with van der Waals surface area (Å²) in [5, 5.41) is 3.13. The summed E-state index contributed by atoms with van der Waals surface area (Å²) in [6.07, 6.45) is 0.0493. The molecule has 1 aliphatic heterocycles. The molecular formula is C15H21NO5S. The molecule has 6 nitrogen and oxygen atoms in total. The van der Waals surface area contributed by atoms with Gasteiger partial charge in [0, 0.05) is 4.88 Å². The number of hydrogen-bond donors (Lipinski definition) is 1. The molecule has 2 heterocycles. The lowest BCUT2D eigenvalue weighted by molar-refractivity contribution is 0.0524. The van der Waals surface area contributed by atoms with Crippen molar-refractivity contribution in [3.63, 3.8) is 0 Å². The molecule has 0 fully saturated rings. The van der Waals surface area contributed by atoms with Crippen molar-refractivity contribution in [2.75, 3.05) is 18.5 Å². The van der Waals surface area contributed by atoms with Crippen LogP contribution < -0.4 is 5.32 Å². The minimum absolute atomic E-state index is 0.284. The molecule has 1 aliphatic rings. The van der Waals surface area contributed by atoms with Crippen LogP contribution in [0.25, 0.3) is 0 Å². The molecule has 1 N–H and O–H groups in total. The summed E-state index contributed by atoms with van der Waals surface area (Å²) in [6, 6.07) is 0.